The largest absolute Gasteiger partial charge is 0.493 e. The van der Waals surface area contributed by atoms with Crippen LogP contribution in [0, 0.1) is 0 Å². The van der Waals surface area contributed by atoms with E-state index in [4.69, 9.17) is 18.9 Å². The molecular formula is C20H23F3N2O5. The minimum absolute atomic E-state index is 0.0174. The maximum absolute atomic E-state index is 12.3. The van der Waals surface area contributed by atoms with Crippen molar-refractivity contribution in [1.29, 1.82) is 0 Å². The van der Waals surface area contributed by atoms with Crippen LogP contribution in [0.3, 0.4) is 0 Å². The molecule has 1 aromatic carbocycles. The highest BCUT2D eigenvalue weighted by atomic mass is 19.4. The summed E-state index contributed by atoms with van der Waals surface area (Å²) in [5.74, 6) is 0.168. The third kappa shape index (κ3) is 7.78. The van der Waals surface area contributed by atoms with Gasteiger partial charge >= 0.3 is 6.18 Å². The molecule has 0 radical (unpaired) electrons. The van der Waals surface area contributed by atoms with E-state index in [0.29, 0.717) is 30.9 Å². The Balaban J connectivity index is 1.93. The van der Waals surface area contributed by atoms with Gasteiger partial charge in [0.2, 0.25) is 11.8 Å². The summed E-state index contributed by atoms with van der Waals surface area (Å²) in [4.78, 5) is 16.4. The minimum atomic E-state index is -4.44. The van der Waals surface area contributed by atoms with Crippen molar-refractivity contribution in [3.63, 3.8) is 0 Å². The fourth-order valence-electron chi connectivity index (χ4n) is 2.44. The molecule has 1 amide bonds. The Morgan fingerprint density at radius 1 is 1.10 bits per heavy atom. The number of methoxy groups -OCH3 is 2. The number of carbonyl (C=O) groups excluding carboxylic acids is 1. The van der Waals surface area contributed by atoms with E-state index >= 15 is 0 Å². The SMILES string of the molecule is COCCOc1ncccc1NC(=O)CCc1ccc(OCC(F)(F)F)c(OC)c1. The van der Waals surface area contributed by atoms with Crippen LogP contribution in [0.2, 0.25) is 0 Å². The average molecular weight is 428 g/mol. The van der Waals surface area contributed by atoms with Crippen molar-refractivity contribution >= 4 is 11.6 Å². The average Bonchev–Trinajstić information content (AvgIpc) is 2.71. The third-order valence-electron chi connectivity index (χ3n) is 3.83. The number of aryl methyl sites for hydroxylation is 1. The number of alkyl halides is 3. The summed E-state index contributed by atoms with van der Waals surface area (Å²) in [6.45, 7) is -0.738. The molecular weight excluding hydrogens is 405 g/mol. The quantitative estimate of drug-likeness (QED) is 0.551. The zero-order valence-electron chi connectivity index (χ0n) is 16.6. The van der Waals surface area contributed by atoms with E-state index in [1.54, 1.807) is 37.6 Å². The first kappa shape index (κ1) is 23.3. The number of anilines is 1. The number of hydrogen-bond donors (Lipinski definition) is 1. The molecule has 0 aliphatic heterocycles. The van der Waals surface area contributed by atoms with Crippen LogP contribution in [0.1, 0.15) is 12.0 Å². The smallest absolute Gasteiger partial charge is 0.422 e. The Morgan fingerprint density at radius 2 is 1.90 bits per heavy atom. The number of pyridine rings is 1. The minimum Gasteiger partial charge on any atom is -0.493 e. The lowest BCUT2D eigenvalue weighted by atomic mass is 10.1. The number of nitrogens with zero attached hydrogens (tertiary/aromatic N) is 1. The van der Waals surface area contributed by atoms with Gasteiger partial charge in [0.25, 0.3) is 0 Å². The van der Waals surface area contributed by atoms with E-state index in [2.05, 4.69) is 10.3 Å². The molecule has 0 fully saturated rings. The number of amides is 1. The Hall–Kier alpha value is -3.01. The van der Waals surface area contributed by atoms with Crippen LogP contribution >= 0.6 is 0 Å². The van der Waals surface area contributed by atoms with Crippen molar-refractivity contribution in [3.8, 4) is 17.4 Å². The fraction of sp³-hybridized carbons (Fsp3) is 0.400. The highest BCUT2D eigenvalue weighted by molar-refractivity contribution is 5.92. The molecule has 0 saturated heterocycles. The van der Waals surface area contributed by atoms with E-state index in [1.807, 2.05) is 0 Å². The number of ether oxygens (including phenoxy) is 4. The maximum atomic E-state index is 12.3. The van der Waals surface area contributed by atoms with Crippen LogP contribution in [0.4, 0.5) is 18.9 Å². The van der Waals surface area contributed by atoms with Crippen molar-refractivity contribution in [2.75, 3.05) is 39.4 Å². The lowest BCUT2D eigenvalue weighted by molar-refractivity contribution is -0.153. The molecule has 0 aliphatic rings. The summed E-state index contributed by atoms with van der Waals surface area (Å²) in [7, 11) is 2.88. The van der Waals surface area contributed by atoms with Gasteiger partial charge in [-0.15, -0.1) is 0 Å². The highest BCUT2D eigenvalue weighted by Gasteiger charge is 2.29. The van der Waals surface area contributed by atoms with Gasteiger partial charge in [-0.05, 0) is 36.2 Å². The van der Waals surface area contributed by atoms with E-state index in [-0.39, 0.29) is 29.7 Å². The summed E-state index contributed by atoms with van der Waals surface area (Å²) < 4.78 is 57.2. The molecule has 0 atom stereocenters. The van der Waals surface area contributed by atoms with Crippen molar-refractivity contribution in [3.05, 3.63) is 42.1 Å². The summed E-state index contributed by atoms with van der Waals surface area (Å²) in [5, 5.41) is 2.74. The molecule has 1 aromatic heterocycles. The van der Waals surface area contributed by atoms with Gasteiger partial charge in [-0.2, -0.15) is 13.2 Å². The molecule has 164 valence electrons. The lowest BCUT2D eigenvalue weighted by Gasteiger charge is -2.14. The van der Waals surface area contributed by atoms with Crippen LogP contribution in [-0.2, 0) is 16.0 Å². The topological polar surface area (TPSA) is 78.9 Å². The molecule has 7 nitrogen and oxygen atoms in total. The molecule has 0 aliphatic carbocycles. The Bertz CT molecular complexity index is 830. The van der Waals surface area contributed by atoms with Crippen LogP contribution in [0.25, 0.3) is 0 Å². The normalized spacial score (nSPS) is 11.1. The molecule has 0 saturated carbocycles. The molecule has 2 rings (SSSR count). The van der Waals surface area contributed by atoms with Gasteiger partial charge < -0.3 is 24.3 Å². The van der Waals surface area contributed by atoms with Crippen LogP contribution in [0.5, 0.6) is 17.4 Å². The van der Waals surface area contributed by atoms with Gasteiger partial charge in [-0.1, -0.05) is 6.07 Å². The molecule has 30 heavy (non-hydrogen) atoms. The van der Waals surface area contributed by atoms with Gasteiger partial charge in [-0.3, -0.25) is 4.79 Å². The lowest BCUT2D eigenvalue weighted by Crippen LogP contribution is -2.19. The number of halogens is 3. The first-order valence-electron chi connectivity index (χ1n) is 9.05. The number of hydrogen-bond acceptors (Lipinski definition) is 6. The molecule has 0 unspecified atom stereocenters. The summed E-state index contributed by atoms with van der Waals surface area (Å²) >= 11 is 0. The van der Waals surface area contributed by atoms with Crippen LogP contribution < -0.4 is 19.5 Å². The van der Waals surface area contributed by atoms with Gasteiger partial charge in [0, 0.05) is 19.7 Å². The predicted molar refractivity (Wildman–Crippen MR) is 103 cm³/mol. The fourth-order valence-corrected chi connectivity index (χ4v) is 2.44. The Labute approximate surface area is 172 Å². The summed E-state index contributed by atoms with van der Waals surface area (Å²) in [5.41, 5.74) is 1.15. The first-order chi connectivity index (χ1) is 14.3. The first-order valence-corrected chi connectivity index (χ1v) is 9.05. The van der Waals surface area contributed by atoms with Crippen LogP contribution in [0.15, 0.2) is 36.5 Å². The molecule has 10 heteroatoms. The molecule has 0 bridgehead atoms. The van der Waals surface area contributed by atoms with E-state index in [9.17, 15) is 18.0 Å². The monoisotopic (exact) mass is 428 g/mol. The highest BCUT2D eigenvalue weighted by Crippen LogP contribution is 2.30. The zero-order valence-corrected chi connectivity index (χ0v) is 16.6. The van der Waals surface area contributed by atoms with E-state index in [0.717, 1.165) is 0 Å². The third-order valence-corrected chi connectivity index (χ3v) is 3.83. The maximum Gasteiger partial charge on any atom is 0.422 e. The van der Waals surface area contributed by atoms with Crippen molar-refractivity contribution < 1.29 is 36.9 Å². The second-order valence-corrected chi connectivity index (χ2v) is 6.13. The second-order valence-electron chi connectivity index (χ2n) is 6.13. The van der Waals surface area contributed by atoms with Crippen molar-refractivity contribution in [2.24, 2.45) is 0 Å². The molecule has 1 N–H and O–H groups in total. The standard InChI is InChI=1S/C20H23F3N2O5/c1-27-10-11-29-19-15(4-3-9-24-19)25-18(26)8-6-14-5-7-16(17(12-14)28-2)30-13-20(21,22)23/h3-5,7,9,12H,6,8,10-11,13H2,1-2H3,(H,25,26). The van der Waals surface area contributed by atoms with Crippen molar-refractivity contribution in [2.45, 2.75) is 19.0 Å². The molecule has 0 spiro atoms. The predicted octanol–water partition coefficient (Wildman–Crippen LogP) is 3.63. The van der Waals surface area contributed by atoms with E-state index < -0.39 is 12.8 Å². The van der Waals surface area contributed by atoms with E-state index in [1.165, 1.54) is 13.2 Å². The molecule has 2 aromatic rings. The number of carbonyl (C=O) groups is 1. The van der Waals surface area contributed by atoms with Gasteiger partial charge in [0.05, 0.1) is 13.7 Å². The number of nitrogens with one attached hydrogen (secondary N) is 1. The zero-order chi connectivity index (χ0) is 22.0. The number of benzene rings is 1. The van der Waals surface area contributed by atoms with Gasteiger partial charge in [0.1, 0.15) is 12.3 Å². The number of aromatic nitrogens is 1. The second kappa shape index (κ2) is 11.2. The Kier molecular flexibility index (Phi) is 8.72. The number of rotatable bonds is 11. The molecule has 1 heterocycles. The summed E-state index contributed by atoms with van der Waals surface area (Å²) in [6.07, 6.45) is -2.41. The van der Waals surface area contributed by atoms with Gasteiger partial charge in [-0.25, -0.2) is 4.98 Å². The summed E-state index contributed by atoms with van der Waals surface area (Å²) in [6, 6.07) is 7.86. The van der Waals surface area contributed by atoms with Gasteiger partial charge in [0.15, 0.2) is 18.1 Å². The van der Waals surface area contributed by atoms with Crippen molar-refractivity contribution in [1.82, 2.24) is 4.98 Å². The van der Waals surface area contributed by atoms with Crippen LogP contribution in [-0.4, -0.2) is 51.1 Å². The Morgan fingerprint density at radius 3 is 2.60 bits per heavy atom.